The molecule has 6 heteroatoms. The third-order valence-electron chi connectivity index (χ3n) is 2.45. The standard InChI is InChI=1S/C14H14ClN3O2/c1-2-7-20-13-4-3-10(8-11(13)15)18-14(19)12-9-16-5-6-17-12/h3-6,8-9H,2,7H2,1H3,(H,18,19). The SMILES string of the molecule is CCCOc1ccc(NC(=O)c2cnccn2)cc1Cl. The van der Waals surface area contributed by atoms with E-state index in [1.807, 2.05) is 6.92 Å². The fourth-order valence-electron chi connectivity index (χ4n) is 1.52. The quantitative estimate of drug-likeness (QED) is 0.919. The molecule has 2 rings (SSSR count). The van der Waals surface area contributed by atoms with Gasteiger partial charge >= 0.3 is 0 Å². The highest BCUT2D eigenvalue weighted by Crippen LogP contribution is 2.27. The van der Waals surface area contributed by atoms with Gasteiger partial charge in [-0.1, -0.05) is 18.5 Å². The second-order valence-electron chi connectivity index (χ2n) is 4.04. The van der Waals surface area contributed by atoms with Crippen LogP contribution in [0.25, 0.3) is 0 Å². The first-order valence-corrected chi connectivity index (χ1v) is 6.58. The van der Waals surface area contributed by atoms with E-state index < -0.39 is 0 Å². The van der Waals surface area contributed by atoms with E-state index in [0.717, 1.165) is 6.42 Å². The summed E-state index contributed by atoms with van der Waals surface area (Å²) in [6, 6.07) is 5.09. The highest BCUT2D eigenvalue weighted by atomic mass is 35.5. The van der Waals surface area contributed by atoms with Crippen molar-refractivity contribution in [3.63, 3.8) is 0 Å². The van der Waals surface area contributed by atoms with E-state index in [1.165, 1.54) is 18.6 Å². The number of nitrogens with zero attached hydrogens (tertiary/aromatic N) is 2. The lowest BCUT2D eigenvalue weighted by molar-refractivity contribution is 0.102. The smallest absolute Gasteiger partial charge is 0.275 e. The van der Waals surface area contributed by atoms with E-state index in [-0.39, 0.29) is 11.6 Å². The number of hydrogen-bond acceptors (Lipinski definition) is 4. The van der Waals surface area contributed by atoms with E-state index in [9.17, 15) is 4.79 Å². The number of nitrogens with one attached hydrogen (secondary N) is 1. The number of rotatable bonds is 5. The van der Waals surface area contributed by atoms with Gasteiger partial charge in [-0.05, 0) is 24.6 Å². The van der Waals surface area contributed by atoms with Crippen LogP contribution in [-0.2, 0) is 0 Å². The molecule has 0 saturated carbocycles. The highest BCUT2D eigenvalue weighted by Gasteiger charge is 2.09. The summed E-state index contributed by atoms with van der Waals surface area (Å²) >= 11 is 6.09. The largest absolute Gasteiger partial charge is 0.492 e. The van der Waals surface area contributed by atoms with Gasteiger partial charge < -0.3 is 10.1 Å². The van der Waals surface area contributed by atoms with Gasteiger partial charge in [-0.25, -0.2) is 4.98 Å². The van der Waals surface area contributed by atoms with E-state index in [2.05, 4.69) is 15.3 Å². The van der Waals surface area contributed by atoms with E-state index >= 15 is 0 Å². The van der Waals surface area contributed by atoms with Crippen LogP contribution in [0.5, 0.6) is 5.75 Å². The normalized spacial score (nSPS) is 10.1. The maximum atomic E-state index is 11.9. The zero-order valence-electron chi connectivity index (χ0n) is 11.0. The Labute approximate surface area is 122 Å². The molecule has 20 heavy (non-hydrogen) atoms. The van der Waals surface area contributed by atoms with Crippen LogP contribution in [0.3, 0.4) is 0 Å². The molecule has 1 amide bonds. The van der Waals surface area contributed by atoms with Crippen molar-refractivity contribution < 1.29 is 9.53 Å². The van der Waals surface area contributed by atoms with Crippen LogP contribution in [0.15, 0.2) is 36.8 Å². The Morgan fingerprint density at radius 2 is 2.25 bits per heavy atom. The Hall–Kier alpha value is -2.14. The van der Waals surface area contributed by atoms with Crippen LogP contribution in [0.1, 0.15) is 23.8 Å². The van der Waals surface area contributed by atoms with E-state index in [0.29, 0.717) is 23.1 Å². The average molecular weight is 292 g/mol. The van der Waals surface area contributed by atoms with Gasteiger partial charge in [0.15, 0.2) is 0 Å². The molecule has 0 unspecified atom stereocenters. The van der Waals surface area contributed by atoms with Crippen molar-refractivity contribution in [2.45, 2.75) is 13.3 Å². The van der Waals surface area contributed by atoms with Gasteiger partial charge in [0.25, 0.3) is 5.91 Å². The van der Waals surface area contributed by atoms with E-state index in [4.69, 9.17) is 16.3 Å². The topological polar surface area (TPSA) is 64.1 Å². The zero-order valence-corrected chi connectivity index (χ0v) is 11.7. The van der Waals surface area contributed by atoms with E-state index in [1.54, 1.807) is 18.2 Å². The number of carbonyl (C=O) groups is 1. The maximum absolute atomic E-state index is 11.9. The van der Waals surface area contributed by atoms with Crippen LogP contribution < -0.4 is 10.1 Å². The maximum Gasteiger partial charge on any atom is 0.275 e. The summed E-state index contributed by atoms with van der Waals surface area (Å²) in [6.45, 7) is 2.62. The van der Waals surface area contributed by atoms with Crippen molar-refractivity contribution in [3.05, 3.63) is 47.5 Å². The molecular formula is C14H14ClN3O2. The highest BCUT2D eigenvalue weighted by molar-refractivity contribution is 6.32. The number of hydrogen-bond donors (Lipinski definition) is 1. The van der Waals surface area contributed by atoms with Crippen molar-refractivity contribution in [1.29, 1.82) is 0 Å². The molecule has 1 heterocycles. The van der Waals surface area contributed by atoms with Gasteiger partial charge in [0.05, 0.1) is 17.8 Å². The lowest BCUT2D eigenvalue weighted by atomic mass is 10.3. The lowest BCUT2D eigenvalue weighted by Gasteiger charge is -2.09. The van der Waals surface area contributed by atoms with Crippen LogP contribution in [0.4, 0.5) is 5.69 Å². The second kappa shape index (κ2) is 6.86. The molecule has 104 valence electrons. The van der Waals surface area contributed by atoms with Crippen LogP contribution >= 0.6 is 11.6 Å². The Morgan fingerprint density at radius 1 is 1.40 bits per heavy atom. The first kappa shape index (κ1) is 14.3. The third kappa shape index (κ3) is 3.68. The summed E-state index contributed by atoms with van der Waals surface area (Å²) in [6.07, 6.45) is 5.27. The van der Waals surface area contributed by atoms with Crippen molar-refractivity contribution in [2.75, 3.05) is 11.9 Å². The van der Waals surface area contributed by atoms with Gasteiger partial charge in [-0.2, -0.15) is 0 Å². The molecule has 5 nitrogen and oxygen atoms in total. The lowest BCUT2D eigenvalue weighted by Crippen LogP contribution is -2.13. The molecule has 0 radical (unpaired) electrons. The molecule has 1 aromatic carbocycles. The molecule has 1 N–H and O–H groups in total. The Kier molecular flexibility index (Phi) is 4.90. The van der Waals surface area contributed by atoms with Crippen LogP contribution in [-0.4, -0.2) is 22.5 Å². The number of halogens is 1. The summed E-state index contributed by atoms with van der Waals surface area (Å²) in [5.41, 5.74) is 0.824. The van der Waals surface area contributed by atoms with Gasteiger partial charge in [-0.15, -0.1) is 0 Å². The molecule has 0 bridgehead atoms. The molecule has 0 aliphatic rings. The molecule has 0 saturated heterocycles. The molecule has 0 aliphatic heterocycles. The number of ether oxygens (including phenoxy) is 1. The Bertz CT molecular complexity index is 590. The fourth-order valence-corrected chi connectivity index (χ4v) is 1.75. The van der Waals surface area contributed by atoms with Gasteiger partial charge in [0.2, 0.25) is 0 Å². The van der Waals surface area contributed by atoms with Gasteiger partial charge in [0, 0.05) is 18.1 Å². The minimum atomic E-state index is -0.337. The first-order valence-electron chi connectivity index (χ1n) is 6.20. The predicted octanol–water partition coefficient (Wildman–Crippen LogP) is 3.17. The minimum Gasteiger partial charge on any atom is -0.492 e. The molecule has 0 fully saturated rings. The number of benzene rings is 1. The first-order chi connectivity index (χ1) is 9.70. The summed E-state index contributed by atoms with van der Waals surface area (Å²) < 4.78 is 5.46. The molecule has 1 aromatic heterocycles. The van der Waals surface area contributed by atoms with Crippen molar-refractivity contribution >= 4 is 23.2 Å². The van der Waals surface area contributed by atoms with Crippen molar-refractivity contribution in [1.82, 2.24) is 9.97 Å². The van der Waals surface area contributed by atoms with Crippen molar-refractivity contribution in [3.8, 4) is 5.75 Å². The summed E-state index contributed by atoms with van der Waals surface area (Å²) in [5.74, 6) is 0.266. The number of anilines is 1. The second-order valence-corrected chi connectivity index (χ2v) is 4.45. The third-order valence-corrected chi connectivity index (χ3v) is 2.74. The zero-order chi connectivity index (χ0) is 14.4. The fraction of sp³-hybridized carbons (Fsp3) is 0.214. The molecule has 0 aliphatic carbocycles. The Morgan fingerprint density at radius 3 is 2.90 bits per heavy atom. The Balaban J connectivity index is 2.07. The molecule has 2 aromatic rings. The number of amides is 1. The summed E-state index contributed by atoms with van der Waals surface area (Å²) in [5, 5.41) is 3.15. The van der Waals surface area contributed by atoms with Crippen molar-refractivity contribution in [2.24, 2.45) is 0 Å². The molecule has 0 atom stereocenters. The summed E-state index contributed by atoms with van der Waals surface area (Å²) in [7, 11) is 0. The molecule has 0 spiro atoms. The summed E-state index contributed by atoms with van der Waals surface area (Å²) in [4.78, 5) is 19.7. The average Bonchev–Trinajstić information content (AvgIpc) is 2.47. The predicted molar refractivity (Wildman–Crippen MR) is 77.2 cm³/mol. The number of aromatic nitrogens is 2. The number of carbonyl (C=O) groups excluding carboxylic acids is 1. The monoisotopic (exact) mass is 291 g/mol. The molecular weight excluding hydrogens is 278 g/mol. The van der Waals surface area contributed by atoms with Gasteiger partial charge in [0.1, 0.15) is 11.4 Å². The minimum absolute atomic E-state index is 0.245. The van der Waals surface area contributed by atoms with Crippen LogP contribution in [0.2, 0.25) is 5.02 Å². The van der Waals surface area contributed by atoms with Gasteiger partial charge in [-0.3, -0.25) is 9.78 Å². The van der Waals surface area contributed by atoms with Crippen LogP contribution in [0, 0.1) is 0 Å².